The first-order valence-electron chi connectivity index (χ1n) is 6.01. The van der Waals surface area contributed by atoms with Crippen LogP contribution in [0.3, 0.4) is 0 Å². The summed E-state index contributed by atoms with van der Waals surface area (Å²) in [5, 5.41) is 4.37. The van der Waals surface area contributed by atoms with E-state index in [0.717, 1.165) is 29.4 Å². The average molecular weight is 272 g/mol. The second kappa shape index (κ2) is 5.98. The van der Waals surface area contributed by atoms with Gasteiger partial charge in [-0.25, -0.2) is 0 Å². The second-order valence-electron chi connectivity index (χ2n) is 4.57. The molecule has 1 aromatic carbocycles. The molecule has 0 amide bonds. The third-order valence-electron chi connectivity index (χ3n) is 3.22. The highest BCUT2D eigenvalue weighted by atomic mass is 35.5. The maximum absolute atomic E-state index is 11.3. The zero-order chi connectivity index (χ0) is 12.3. The number of hydrogen-bond donors (Lipinski definition) is 1. The van der Waals surface area contributed by atoms with Gasteiger partial charge in [0.15, 0.2) is 0 Å². The van der Waals surface area contributed by atoms with Crippen LogP contribution in [-0.2, 0) is 10.8 Å². The Labute approximate surface area is 110 Å². The quantitative estimate of drug-likeness (QED) is 0.916. The molecule has 1 unspecified atom stereocenters. The van der Waals surface area contributed by atoms with Crippen molar-refractivity contribution in [3.8, 4) is 0 Å². The maximum Gasteiger partial charge on any atom is 0.0409 e. The van der Waals surface area contributed by atoms with E-state index >= 15 is 0 Å². The molecular formula is C13H18ClNOS. The van der Waals surface area contributed by atoms with Crippen LogP contribution in [0.4, 0.5) is 0 Å². The largest absolute Gasteiger partial charge is 0.307 e. The van der Waals surface area contributed by atoms with Crippen LogP contribution in [0.2, 0.25) is 5.02 Å². The Hall–Kier alpha value is -0.380. The van der Waals surface area contributed by atoms with E-state index in [4.69, 9.17) is 11.6 Å². The Morgan fingerprint density at radius 1 is 1.41 bits per heavy atom. The highest BCUT2D eigenvalue weighted by molar-refractivity contribution is 7.85. The van der Waals surface area contributed by atoms with Crippen molar-refractivity contribution in [2.75, 3.05) is 11.5 Å². The van der Waals surface area contributed by atoms with Gasteiger partial charge in [-0.15, -0.1) is 0 Å². The van der Waals surface area contributed by atoms with Gasteiger partial charge in [-0.05, 0) is 37.5 Å². The summed E-state index contributed by atoms with van der Waals surface area (Å²) in [6, 6.07) is 8.74. The van der Waals surface area contributed by atoms with Gasteiger partial charge in [0.1, 0.15) is 0 Å². The average Bonchev–Trinajstić information content (AvgIpc) is 2.32. The third kappa shape index (κ3) is 3.80. The molecule has 4 heteroatoms. The Balaban J connectivity index is 1.92. The molecule has 2 nitrogen and oxygen atoms in total. The van der Waals surface area contributed by atoms with Crippen molar-refractivity contribution >= 4 is 22.4 Å². The molecule has 0 spiro atoms. The van der Waals surface area contributed by atoms with Crippen molar-refractivity contribution in [1.29, 1.82) is 0 Å². The fourth-order valence-electron chi connectivity index (χ4n) is 2.19. The smallest absolute Gasteiger partial charge is 0.0409 e. The lowest BCUT2D eigenvalue weighted by Crippen LogP contribution is -2.37. The Kier molecular flexibility index (Phi) is 4.60. The van der Waals surface area contributed by atoms with Gasteiger partial charge in [0.2, 0.25) is 0 Å². The monoisotopic (exact) mass is 271 g/mol. The first kappa shape index (κ1) is 13.1. The molecule has 1 aliphatic rings. The van der Waals surface area contributed by atoms with Gasteiger partial charge in [0.25, 0.3) is 0 Å². The van der Waals surface area contributed by atoms with Crippen LogP contribution in [0.25, 0.3) is 0 Å². The van der Waals surface area contributed by atoms with E-state index in [2.05, 4.69) is 18.3 Å². The van der Waals surface area contributed by atoms with Crippen LogP contribution >= 0.6 is 11.6 Å². The number of benzene rings is 1. The molecule has 0 aromatic heterocycles. The zero-order valence-corrected chi connectivity index (χ0v) is 11.6. The fraction of sp³-hybridized carbons (Fsp3) is 0.538. The molecule has 17 heavy (non-hydrogen) atoms. The summed E-state index contributed by atoms with van der Waals surface area (Å²) in [7, 11) is -0.585. The van der Waals surface area contributed by atoms with Gasteiger partial charge in [0.05, 0.1) is 0 Å². The van der Waals surface area contributed by atoms with E-state index in [-0.39, 0.29) is 0 Å². The van der Waals surface area contributed by atoms with E-state index in [1.165, 1.54) is 5.56 Å². The minimum atomic E-state index is -0.585. The summed E-state index contributed by atoms with van der Waals surface area (Å²) < 4.78 is 11.3. The molecule has 2 rings (SSSR count). The highest BCUT2D eigenvalue weighted by Gasteiger charge is 2.19. The van der Waals surface area contributed by atoms with E-state index < -0.39 is 10.8 Å². The van der Waals surface area contributed by atoms with Crippen molar-refractivity contribution in [3.05, 3.63) is 34.9 Å². The molecule has 1 fully saturated rings. The second-order valence-corrected chi connectivity index (χ2v) is 6.70. The van der Waals surface area contributed by atoms with Crippen LogP contribution < -0.4 is 5.32 Å². The predicted molar refractivity (Wildman–Crippen MR) is 73.9 cm³/mol. The van der Waals surface area contributed by atoms with Gasteiger partial charge in [-0.3, -0.25) is 4.21 Å². The lowest BCUT2D eigenvalue weighted by molar-refractivity contribution is 0.427. The van der Waals surface area contributed by atoms with Crippen LogP contribution in [0.15, 0.2) is 24.3 Å². The number of rotatable bonds is 3. The molecule has 1 atom stereocenters. The molecule has 1 N–H and O–H groups in total. The highest BCUT2D eigenvalue weighted by Crippen LogP contribution is 2.20. The summed E-state index contributed by atoms with van der Waals surface area (Å²) in [4.78, 5) is 0. The number of nitrogens with one attached hydrogen (secondary N) is 1. The van der Waals surface area contributed by atoms with E-state index in [1.807, 2.05) is 18.2 Å². The van der Waals surface area contributed by atoms with E-state index in [1.54, 1.807) is 0 Å². The van der Waals surface area contributed by atoms with Crippen molar-refractivity contribution in [1.82, 2.24) is 5.32 Å². The van der Waals surface area contributed by atoms with E-state index in [9.17, 15) is 4.21 Å². The molecule has 1 aliphatic heterocycles. The molecule has 0 bridgehead atoms. The summed E-state index contributed by atoms with van der Waals surface area (Å²) in [6.45, 7) is 2.15. The van der Waals surface area contributed by atoms with Gasteiger partial charge in [-0.1, -0.05) is 23.7 Å². The van der Waals surface area contributed by atoms with Crippen LogP contribution in [-0.4, -0.2) is 21.8 Å². The van der Waals surface area contributed by atoms with Crippen molar-refractivity contribution in [3.63, 3.8) is 0 Å². The van der Waals surface area contributed by atoms with Crippen molar-refractivity contribution in [2.24, 2.45) is 0 Å². The topological polar surface area (TPSA) is 29.1 Å². The molecule has 0 saturated carbocycles. The summed E-state index contributed by atoms with van der Waals surface area (Å²) in [5.74, 6) is 1.67. The van der Waals surface area contributed by atoms with Crippen LogP contribution in [0, 0.1) is 0 Å². The first-order valence-corrected chi connectivity index (χ1v) is 7.88. The molecule has 94 valence electrons. The summed E-state index contributed by atoms with van der Waals surface area (Å²) >= 11 is 5.98. The Morgan fingerprint density at radius 2 is 2.12 bits per heavy atom. The molecular weight excluding hydrogens is 254 g/mol. The van der Waals surface area contributed by atoms with Crippen LogP contribution in [0.5, 0.6) is 0 Å². The maximum atomic E-state index is 11.3. The molecule has 1 heterocycles. The first-order chi connectivity index (χ1) is 8.15. The lowest BCUT2D eigenvalue weighted by atomic mass is 10.1. The lowest BCUT2D eigenvalue weighted by Gasteiger charge is -2.26. The molecule has 1 aromatic rings. The van der Waals surface area contributed by atoms with Crippen molar-refractivity contribution < 1.29 is 4.21 Å². The Bertz CT molecular complexity index is 400. The zero-order valence-electron chi connectivity index (χ0n) is 9.99. The third-order valence-corrected chi connectivity index (χ3v) is 4.84. The van der Waals surface area contributed by atoms with E-state index in [0.29, 0.717) is 12.1 Å². The normalized spacial score (nSPS) is 26.7. The minimum absolute atomic E-state index is 0.297. The summed E-state index contributed by atoms with van der Waals surface area (Å²) in [5.41, 5.74) is 1.21. The molecule has 1 saturated heterocycles. The van der Waals surface area contributed by atoms with Gasteiger partial charge in [0, 0.05) is 39.4 Å². The number of halogens is 1. The predicted octanol–water partition coefficient (Wildman–Crippen LogP) is 2.90. The van der Waals surface area contributed by atoms with Gasteiger partial charge < -0.3 is 5.32 Å². The van der Waals surface area contributed by atoms with Gasteiger partial charge >= 0.3 is 0 Å². The molecule has 0 radical (unpaired) electrons. The standard InChI is InChI=1S/C13H18ClNOS/c1-10(11-3-2-4-12(14)9-11)15-13-5-7-17(16)8-6-13/h2-4,9-10,13,15H,5-8H2,1H3. The Morgan fingerprint density at radius 3 is 2.76 bits per heavy atom. The van der Waals surface area contributed by atoms with Crippen LogP contribution in [0.1, 0.15) is 31.4 Å². The number of hydrogen-bond acceptors (Lipinski definition) is 2. The van der Waals surface area contributed by atoms with Gasteiger partial charge in [-0.2, -0.15) is 0 Å². The summed E-state index contributed by atoms with van der Waals surface area (Å²) in [6.07, 6.45) is 2.02. The SMILES string of the molecule is CC(NC1CCS(=O)CC1)c1cccc(Cl)c1. The minimum Gasteiger partial charge on any atom is -0.307 e. The van der Waals surface area contributed by atoms with Crippen molar-refractivity contribution in [2.45, 2.75) is 31.8 Å². The fourth-order valence-corrected chi connectivity index (χ4v) is 3.68. The molecule has 0 aliphatic carbocycles.